The third-order valence-corrected chi connectivity index (χ3v) is 9.82. The minimum absolute atomic E-state index is 0.0945. The van der Waals surface area contributed by atoms with E-state index >= 15 is 0 Å². The highest BCUT2D eigenvalue weighted by Crippen LogP contribution is 2.14. The van der Waals surface area contributed by atoms with Gasteiger partial charge in [0.05, 0.1) is 0 Å². The lowest BCUT2D eigenvalue weighted by molar-refractivity contribution is -0.167. The van der Waals surface area contributed by atoms with Gasteiger partial charge in [0.15, 0.2) is 6.10 Å². The number of esters is 3. The Hall–Kier alpha value is -3.15. The summed E-state index contributed by atoms with van der Waals surface area (Å²) >= 11 is 0. The van der Waals surface area contributed by atoms with E-state index in [4.69, 9.17) is 14.2 Å². The summed E-state index contributed by atoms with van der Waals surface area (Å²) in [6.07, 6.45) is 55.9. The van der Waals surface area contributed by atoms with Crippen molar-refractivity contribution >= 4 is 17.9 Å². The summed E-state index contributed by atoms with van der Waals surface area (Å²) in [6.45, 7) is 6.40. The van der Waals surface area contributed by atoms with Crippen molar-refractivity contribution in [2.45, 2.75) is 219 Å². The number of unbranched alkanes of at least 4 members (excludes halogenated alkanes) is 22. The SMILES string of the molecule is CC\C=C/C=C\C=C/C=C\CCCCCC(=O)OC(COC(=O)CCCCCCCC/C=C\C=C/CCCCC)COC(=O)CCCCCCCCCCCCC. The molecule has 0 aliphatic heterocycles. The van der Waals surface area contributed by atoms with E-state index in [9.17, 15) is 14.4 Å². The summed E-state index contributed by atoms with van der Waals surface area (Å²) in [4.78, 5) is 37.8. The van der Waals surface area contributed by atoms with Crippen molar-refractivity contribution in [1.82, 2.24) is 0 Å². The Morgan fingerprint density at radius 1 is 0.368 bits per heavy atom. The average Bonchev–Trinajstić information content (AvgIpc) is 3.21. The third-order valence-electron chi connectivity index (χ3n) is 9.82. The number of allylic oxidation sites excluding steroid dienone is 12. The molecule has 0 amide bonds. The zero-order valence-corrected chi connectivity index (χ0v) is 37.1. The van der Waals surface area contributed by atoms with Crippen molar-refractivity contribution in [1.29, 1.82) is 0 Å². The maximum Gasteiger partial charge on any atom is 0.306 e. The van der Waals surface area contributed by atoms with E-state index in [0.717, 1.165) is 70.6 Å². The zero-order valence-electron chi connectivity index (χ0n) is 37.1. The first-order valence-corrected chi connectivity index (χ1v) is 23.5. The van der Waals surface area contributed by atoms with Gasteiger partial charge in [-0.3, -0.25) is 14.4 Å². The van der Waals surface area contributed by atoms with Crippen LogP contribution in [0.15, 0.2) is 72.9 Å². The second-order valence-corrected chi connectivity index (χ2v) is 15.4. The zero-order chi connectivity index (χ0) is 41.5. The van der Waals surface area contributed by atoms with E-state index in [-0.39, 0.29) is 37.5 Å². The molecule has 1 atom stereocenters. The molecule has 0 aromatic carbocycles. The highest BCUT2D eigenvalue weighted by atomic mass is 16.6. The fraction of sp³-hybridized carbons (Fsp3) is 0.706. The normalized spacial score (nSPS) is 12.7. The molecular weight excluding hydrogens is 709 g/mol. The maximum absolute atomic E-state index is 12.7. The van der Waals surface area contributed by atoms with Crippen molar-refractivity contribution in [2.75, 3.05) is 13.2 Å². The molecule has 0 bridgehead atoms. The van der Waals surface area contributed by atoms with E-state index in [1.807, 2.05) is 36.5 Å². The van der Waals surface area contributed by atoms with Crippen molar-refractivity contribution in [2.24, 2.45) is 0 Å². The number of carbonyl (C=O) groups excluding carboxylic acids is 3. The first-order chi connectivity index (χ1) is 28.0. The van der Waals surface area contributed by atoms with Gasteiger partial charge in [-0.1, -0.05) is 203 Å². The van der Waals surface area contributed by atoms with Crippen molar-refractivity contribution in [3.05, 3.63) is 72.9 Å². The van der Waals surface area contributed by atoms with Gasteiger partial charge in [-0.05, 0) is 64.2 Å². The monoisotopic (exact) mass is 795 g/mol. The predicted molar refractivity (Wildman–Crippen MR) is 242 cm³/mol. The number of hydrogen-bond donors (Lipinski definition) is 0. The van der Waals surface area contributed by atoms with Crippen LogP contribution in [0, 0.1) is 0 Å². The predicted octanol–water partition coefficient (Wildman–Crippen LogP) is 15.1. The summed E-state index contributed by atoms with van der Waals surface area (Å²) < 4.78 is 16.7. The third kappa shape index (κ3) is 43.8. The van der Waals surface area contributed by atoms with Gasteiger partial charge in [0.2, 0.25) is 0 Å². The van der Waals surface area contributed by atoms with Crippen LogP contribution in [0.4, 0.5) is 0 Å². The van der Waals surface area contributed by atoms with Crippen LogP contribution < -0.4 is 0 Å². The molecule has 0 rings (SSSR count). The highest BCUT2D eigenvalue weighted by Gasteiger charge is 2.19. The number of rotatable bonds is 41. The van der Waals surface area contributed by atoms with Gasteiger partial charge in [0.1, 0.15) is 13.2 Å². The number of ether oxygens (including phenoxy) is 3. The second-order valence-electron chi connectivity index (χ2n) is 15.4. The molecule has 6 heteroatoms. The number of carbonyl (C=O) groups is 3. The molecule has 326 valence electrons. The Balaban J connectivity index is 4.46. The fourth-order valence-corrected chi connectivity index (χ4v) is 6.27. The molecule has 0 saturated carbocycles. The minimum atomic E-state index is -0.797. The highest BCUT2D eigenvalue weighted by molar-refractivity contribution is 5.71. The van der Waals surface area contributed by atoms with Crippen LogP contribution >= 0.6 is 0 Å². The molecule has 0 radical (unpaired) electrons. The van der Waals surface area contributed by atoms with Crippen LogP contribution in [0.2, 0.25) is 0 Å². The molecule has 6 nitrogen and oxygen atoms in total. The van der Waals surface area contributed by atoms with Gasteiger partial charge < -0.3 is 14.2 Å². The van der Waals surface area contributed by atoms with E-state index < -0.39 is 6.10 Å². The molecule has 0 N–H and O–H groups in total. The van der Waals surface area contributed by atoms with E-state index in [1.54, 1.807) is 0 Å². The molecule has 1 unspecified atom stereocenters. The van der Waals surface area contributed by atoms with Crippen LogP contribution in [-0.4, -0.2) is 37.2 Å². The lowest BCUT2D eigenvalue weighted by Crippen LogP contribution is -2.30. The molecule has 0 spiro atoms. The van der Waals surface area contributed by atoms with Crippen molar-refractivity contribution < 1.29 is 28.6 Å². The first kappa shape index (κ1) is 53.9. The average molecular weight is 795 g/mol. The lowest BCUT2D eigenvalue weighted by Gasteiger charge is -2.18. The number of hydrogen-bond acceptors (Lipinski definition) is 6. The molecule has 0 saturated heterocycles. The lowest BCUT2D eigenvalue weighted by atomic mass is 10.1. The summed E-state index contributed by atoms with van der Waals surface area (Å²) in [5, 5.41) is 0. The van der Waals surface area contributed by atoms with Gasteiger partial charge in [-0.25, -0.2) is 0 Å². The van der Waals surface area contributed by atoms with Gasteiger partial charge in [-0.2, -0.15) is 0 Å². The van der Waals surface area contributed by atoms with Gasteiger partial charge in [-0.15, -0.1) is 0 Å². The summed E-state index contributed by atoms with van der Waals surface area (Å²) in [5.74, 6) is -0.950. The van der Waals surface area contributed by atoms with Crippen molar-refractivity contribution in [3.8, 4) is 0 Å². The molecule has 0 fully saturated rings. The fourth-order valence-electron chi connectivity index (χ4n) is 6.27. The molecule has 57 heavy (non-hydrogen) atoms. The largest absolute Gasteiger partial charge is 0.462 e. The summed E-state index contributed by atoms with van der Waals surface area (Å²) in [5.41, 5.74) is 0. The van der Waals surface area contributed by atoms with E-state index in [0.29, 0.717) is 19.3 Å². The molecule has 0 aromatic rings. The van der Waals surface area contributed by atoms with E-state index in [2.05, 4.69) is 57.2 Å². The van der Waals surface area contributed by atoms with Crippen LogP contribution in [0.5, 0.6) is 0 Å². The van der Waals surface area contributed by atoms with Crippen molar-refractivity contribution in [3.63, 3.8) is 0 Å². The smallest absolute Gasteiger partial charge is 0.306 e. The van der Waals surface area contributed by atoms with Gasteiger partial charge >= 0.3 is 17.9 Å². The van der Waals surface area contributed by atoms with Gasteiger partial charge in [0, 0.05) is 19.3 Å². The Morgan fingerprint density at radius 2 is 0.684 bits per heavy atom. The van der Waals surface area contributed by atoms with E-state index in [1.165, 1.54) is 96.3 Å². The van der Waals surface area contributed by atoms with Crippen LogP contribution in [0.1, 0.15) is 213 Å². The molecule has 0 heterocycles. The Morgan fingerprint density at radius 3 is 1.14 bits per heavy atom. The Labute approximate surface area is 351 Å². The van der Waals surface area contributed by atoms with Crippen LogP contribution in [-0.2, 0) is 28.6 Å². The Bertz CT molecular complexity index is 1100. The van der Waals surface area contributed by atoms with Gasteiger partial charge in [0.25, 0.3) is 0 Å². The molecule has 0 aromatic heterocycles. The summed E-state index contributed by atoms with van der Waals surface area (Å²) in [7, 11) is 0. The standard InChI is InChI=1S/C51H86O6/c1-4-7-10-13-16-19-22-24-25-27-29-32-35-38-41-44-50(53)56-47-48(46-55-49(52)43-40-37-34-31-28-21-18-15-12-9-6-3)57-51(54)45-42-39-36-33-30-26-23-20-17-14-11-8-5-2/h8,11,14,16-17,19-20,22-24,26,30,48H,4-7,9-10,12-13,15,18,21,25,27-29,31-47H2,1-3H3/b11-8-,17-14-,19-16-,23-20-,24-22-,30-26-. The topological polar surface area (TPSA) is 78.9 Å². The minimum Gasteiger partial charge on any atom is -0.462 e. The second kappa shape index (κ2) is 45.6. The quantitative estimate of drug-likeness (QED) is 0.0265. The molecule has 0 aliphatic carbocycles. The Kier molecular flexibility index (Phi) is 43.0. The van der Waals surface area contributed by atoms with Crippen LogP contribution in [0.3, 0.4) is 0 Å². The molecular formula is C51H86O6. The summed E-state index contributed by atoms with van der Waals surface area (Å²) in [6, 6.07) is 0. The van der Waals surface area contributed by atoms with Crippen LogP contribution in [0.25, 0.3) is 0 Å². The first-order valence-electron chi connectivity index (χ1n) is 23.5. The molecule has 0 aliphatic rings. The maximum atomic E-state index is 12.7.